The van der Waals surface area contributed by atoms with E-state index < -0.39 is 15.6 Å². The highest BCUT2D eigenvalue weighted by Crippen LogP contribution is 2.26. The lowest BCUT2D eigenvalue weighted by atomic mass is 10.0. The van der Waals surface area contributed by atoms with Crippen molar-refractivity contribution in [1.82, 2.24) is 4.72 Å². The summed E-state index contributed by atoms with van der Waals surface area (Å²) in [5.41, 5.74) is 1.97. The number of fused-ring (bicyclic) bond motifs is 1. The van der Waals surface area contributed by atoms with E-state index in [1.165, 1.54) is 11.1 Å². The molecule has 3 nitrogen and oxygen atoms in total. The fourth-order valence-electron chi connectivity index (χ4n) is 2.41. The Labute approximate surface area is 137 Å². The van der Waals surface area contributed by atoms with Crippen LogP contribution in [0.15, 0.2) is 23.1 Å². The van der Waals surface area contributed by atoms with E-state index in [0.29, 0.717) is 22.0 Å². The molecule has 6 heteroatoms. The van der Waals surface area contributed by atoms with Crippen molar-refractivity contribution < 1.29 is 8.42 Å². The zero-order valence-corrected chi connectivity index (χ0v) is 15.4. The summed E-state index contributed by atoms with van der Waals surface area (Å²) in [6.45, 7) is 1.98. The highest BCUT2D eigenvalue weighted by atomic mass is 79.9. The number of aryl methyl sites for hydroxylation is 2. The van der Waals surface area contributed by atoms with E-state index in [0.717, 1.165) is 19.3 Å². The van der Waals surface area contributed by atoms with E-state index >= 15 is 0 Å². The smallest absolute Gasteiger partial charge is 0.207 e. The quantitative estimate of drug-likeness (QED) is 0.711. The van der Waals surface area contributed by atoms with Gasteiger partial charge in [-0.1, -0.05) is 44.8 Å². The first-order valence-electron chi connectivity index (χ1n) is 6.74. The van der Waals surface area contributed by atoms with E-state index in [1.807, 2.05) is 19.1 Å². The Kier molecular flexibility index (Phi) is 5.32. The van der Waals surface area contributed by atoms with E-state index in [1.54, 1.807) is 6.07 Å². The molecule has 0 saturated carbocycles. The van der Waals surface area contributed by atoms with Crippen molar-refractivity contribution in [1.29, 1.82) is 0 Å². The molecule has 0 aromatic heterocycles. The van der Waals surface area contributed by atoms with Gasteiger partial charge in [0.05, 0.1) is 10.4 Å². The molecule has 0 atom stereocenters. The summed E-state index contributed by atoms with van der Waals surface area (Å²) in [6, 6.07) is 5.50. The highest BCUT2D eigenvalue weighted by molar-refractivity contribution is 9.09. The van der Waals surface area contributed by atoms with Crippen LogP contribution < -0.4 is 4.72 Å². The predicted octanol–water partition coefficient (Wildman–Crippen LogP) is 3.39. The number of hydrogen-bond acceptors (Lipinski definition) is 2. The number of alkyl halides is 2. The largest absolute Gasteiger partial charge is 0.241 e. The van der Waals surface area contributed by atoms with Crippen LogP contribution in [-0.4, -0.2) is 24.6 Å². The van der Waals surface area contributed by atoms with E-state index in [4.69, 9.17) is 0 Å². The van der Waals surface area contributed by atoms with Crippen LogP contribution in [0, 0.1) is 0 Å². The Morgan fingerprint density at radius 3 is 2.45 bits per heavy atom. The maximum absolute atomic E-state index is 12.6. The molecule has 0 amide bonds. The van der Waals surface area contributed by atoms with Crippen molar-refractivity contribution in [3.63, 3.8) is 0 Å². The molecule has 0 bridgehead atoms. The van der Waals surface area contributed by atoms with Gasteiger partial charge in [-0.2, -0.15) is 0 Å². The van der Waals surface area contributed by atoms with Crippen molar-refractivity contribution in [2.45, 2.75) is 43.0 Å². The Balaban J connectivity index is 2.31. The lowest BCUT2D eigenvalue weighted by Crippen LogP contribution is -2.50. The molecule has 0 heterocycles. The van der Waals surface area contributed by atoms with Crippen molar-refractivity contribution in [3.05, 3.63) is 29.3 Å². The second kappa shape index (κ2) is 6.46. The van der Waals surface area contributed by atoms with Gasteiger partial charge in [-0.15, -0.1) is 0 Å². The lowest BCUT2D eigenvalue weighted by molar-refractivity contribution is 0.459. The Hall–Kier alpha value is 0.0900. The van der Waals surface area contributed by atoms with Crippen molar-refractivity contribution in [2.24, 2.45) is 0 Å². The normalized spacial score (nSPS) is 15.3. The van der Waals surface area contributed by atoms with Gasteiger partial charge in [-0.25, -0.2) is 13.1 Å². The Bertz CT molecular complexity index is 575. The van der Waals surface area contributed by atoms with Crippen molar-refractivity contribution >= 4 is 41.9 Å². The van der Waals surface area contributed by atoms with Crippen LogP contribution in [0.1, 0.15) is 30.9 Å². The summed E-state index contributed by atoms with van der Waals surface area (Å²) >= 11 is 6.82. The fourth-order valence-corrected chi connectivity index (χ4v) is 6.31. The Morgan fingerprint density at radius 1 is 1.20 bits per heavy atom. The van der Waals surface area contributed by atoms with E-state index in [9.17, 15) is 8.42 Å². The third-order valence-corrected chi connectivity index (χ3v) is 7.64. The summed E-state index contributed by atoms with van der Waals surface area (Å²) in [5.74, 6) is 0. The van der Waals surface area contributed by atoms with Gasteiger partial charge in [-0.05, 0) is 48.9 Å². The average Bonchev–Trinajstić information content (AvgIpc) is 2.92. The van der Waals surface area contributed by atoms with Gasteiger partial charge in [-0.3, -0.25) is 0 Å². The number of nitrogens with one attached hydrogen (secondary N) is 1. The van der Waals surface area contributed by atoms with Crippen LogP contribution in [0.2, 0.25) is 0 Å². The van der Waals surface area contributed by atoms with Crippen molar-refractivity contribution in [2.75, 3.05) is 10.7 Å². The molecule has 1 aromatic rings. The van der Waals surface area contributed by atoms with Crippen LogP contribution in [0.4, 0.5) is 0 Å². The van der Waals surface area contributed by atoms with Crippen LogP contribution in [0.3, 0.4) is 0 Å². The number of benzene rings is 1. The van der Waals surface area contributed by atoms with Gasteiger partial charge in [0.15, 0.2) is 0 Å². The minimum atomic E-state index is -3.49. The molecule has 1 N–H and O–H groups in total. The van der Waals surface area contributed by atoms with Crippen molar-refractivity contribution in [3.8, 4) is 0 Å². The molecule has 1 aliphatic carbocycles. The monoisotopic (exact) mass is 423 g/mol. The predicted molar refractivity (Wildman–Crippen MR) is 89.4 cm³/mol. The van der Waals surface area contributed by atoms with Crippen LogP contribution in [-0.2, 0) is 22.9 Å². The zero-order valence-electron chi connectivity index (χ0n) is 11.5. The Morgan fingerprint density at radius 2 is 1.85 bits per heavy atom. The third-order valence-electron chi connectivity index (χ3n) is 3.92. The van der Waals surface area contributed by atoms with Gasteiger partial charge in [0.25, 0.3) is 0 Å². The molecular weight excluding hydrogens is 406 g/mol. The topological polar surface area (TPSA) is 46.2 Å². The average molecular weight is 425 g/mol. The fraction of sp³-hybridized carbons (Fsp3) is 0.571. The molecule has 20 heavy (non-hydrogen) atoms. The molecule has 0 saturated heterocycles. The number of halogens is 2. The minimum absolute atomic E-state index is 0.373. The summed E-state index contributed by atoms with van der Waals surface area (Å²) in [6.07, 6.45) is 3.88. The molecule has 0 aliphatic heterocycles. The van der Waals surface area contributed by atoms with Crippen LogP contribution in [0.5, 0.6) is 0 Å². The highest BCUT2D eigenvalue weighted by Gasteiger charge is 2.32. The summed E-state index contributed by atoms with van der Waals surface area (Å²) < 4.78 is 28.0. The molecule has 1 aliphatic rings. The standard InChI is InChI=1S/C14H19Br2NO2S/c1-2-14(9-15,10-16)17-20(18,19)13-7-6-11-4-3-5-12(11)8-13/h6-8,17H,2-5,9-10H2,1H3. The zero-order chi connectivity index (χ0) is 14.8. The second-order valence-corrected chi connectivity index (χ2v) is 8.09. The minimum Gasteiger partial charge on any atom is -0.207 e. The molecule has 0 radical (unpaired) electrons. The SMILES string of the molecule is CCC(CBr)(CBr)NS(=O)(=O)c1ccc2c(c1)CCC2. The summed E-state index contributed by atoms with van der Waals surface area (Å²) in [7, 11) is -3.49. The van der Waals surface area contributed by atoms with E-state index in [-0.39, 0.29) is 0 Å². The number of sulfonamides is 1. The molecule has 2 rings (SSSR count). The number of hydrogen-bond donors (Lipinski definition) is 1. The van der Waals surface area contributed by atoms with Crippen LogP contribution >= 0.6 is 31.9 Å². The molecule has 112 valence electrons. The van der Waals surface area contributed by atoms with Gasteiger partial charge in [0.1, 0.15) is 0 Å². The van der Waals surface area contributed by atoms with E-state index in [2.05, 4.69) is 36.6 Å². The lowest BCUT2D eigenvalue weighted by Gasteiger charge is -2.29. The first-order valence-corrected chi connectivity index (χ1v) is 10.5. The maximum atomic E-state index is 12.6. The first-order chi connectivity index (χ1) is 9.46. The first kappa shape index (κ1) is 16.5. The third kappa shape index (κ3) is 3.29. The molecular formula is C14H19Br2NO2S. The number of rotatable bonds is 6. The summed E-state index contributed by atoms with van der Waals surface area (Å²) in [5, 5.41) is 1.15. The molecule has 0 spiro atoms. The van der Waals surface area contributed by atoms with Gasteiger partial charge >= 0.3 is 0 Å². The maximum Gasteiger partial charge on any atom is 0.241 e. The van der Waals surface area contributed by atoms with Gasteiger partial charge in [0.2, 0.25) is 10.0 Å². The van der Waals surface area contributed by atoms with Gasteiger partial charge in [0, 0.05) is 10.7 Å². The molecule has 0 fully saturated rings. The second-order valence-electron chi connectivity index (χ2n) is 5.29. The summed E-state index contributed by atoms with van der Waals surface area (Å²) in [4.78, 5) is 0.373. The molecule has 0 unspecified atom stereocenters. The van der Waals surface area contributed by atoms with Crippen LogP contribution in [0.25, 0.3) is 0 Å². The molecule has 1 aromatic carbocycles. The van der Waals surface area contributed by atoms with Gasteiger partial charge < -0.3 is 0 Å².